The van der Waals surface area contributed by atoms with Crippen LogP contribution in [0.3, 0.4) is 0 Å². The lowest BCUT2D eigenvalue weighted by Gasteiger charge is -2.29. The monoisotopic (exact) mass is 466 g/mol. The number of nitrogens with zero attached hydrogens (tertiary/aromatic N) is 1. The third-order valence-electron chi connectivity index (χ3n) is 4.53. The van der Waals surface area contributed by atoms with Crippen molar-refractivity contribution in [2.24, 2.45) is 0 Å². The van der Waals surface area contributed by atoms with E-state index < -0.39 is 23.6 Å². The normalized spacial score (nSPS) is 15.6. The van der Waals surface area contributed by atoms with Crippen LogP contribution >= 0.6 is 12.2 Å². The molecular formula is C21H17F3N2O5S. The van der Waals surface area contributed by atoms with Crippen LogP contribution in [0.5, 0.6) is 17.2 Å². The van der Waals surface area contributed by atoms with E-state index in [1.54, 1.807) is 0 Å². The van der Waals surface area contributed by atoms with E-state index in [1.807, 2.05) is 0 Å². The SMILES string of the molecule is COc1cc(/C=C2\C(=O)NC(=S)N(c3cccc(C(F)(F)F)c3)C2=O)cc(OC)c1OC. The van der Waals surface area contributed by atoms with Crippen molar-refractivity contribution >= 4 is 40.9 Å². The quantitative estimate of drug-likeness (QED) is 0.413. The van der Waals surface area contributed by atoms with Crippen molar-refractivity contribution in [3.63, 3.8) is 0 Å². The molecule has 0 spiro atoms. The number of alkyl halides is 3. The minimum atomic E-state index is -4.62. The van der Waals surface area contributed by atoms with E-state index in [9.17, 15) is 22.8 Å². The Kier molecular flexibility index (Phi) is 6.40. The van der Waals surface area contributed by atoms with Crippen LogP contribution in [-0.2, 0) is 15.8 Å². The van der Waals surface area contributed by atoms with Crippen molar-refractivity contribution < 1.29 is 37.0 Å². The molecule has 7 nitrogen and oxygen atoms in total. The van der Waals surface area contributed by atoms with Crippen molar-refractivity contribution in [2.45, 2.75) is 6.18 Å². The van der Waals surface area contributed by atoms with Gasteiger partial charge in [-0.2, -0.15) is 13.2 Å². The highest BCUT2D eigenvalue weighted by Crippen LogP contribution is 2.39. The van der Waals surface area contributed by atoms with Gasteiger partial charge in [-0.1, -0.05) is 6.07 Å². The van der Waals surface area contributed by atoms with Gasteiger partial charge in [0.1, 0.15) is 5.57 Å². The van der Waals surface area contributed by atoms with Crippen molar-refractivity contribution in [3.05, 3.63) is 53.1 Å². The van der Waals surface area contributed by atoms with Crippen LogP contribution in [-0.4, -0.2) is 38.3 Å². The number of halogens is 3. The summed E-state index contributed by atoms with van der Waals surface area (Å²) < 4.78 is 55.1. The molecule has 1 N–H and O–H groups in total. The van der Waals surface area contributed by atoms with Crippen molar-refractivity contribution in [3.8, 4) is 17.2 Å². The predicted molar refractivity (Wildman–Crippen MR) is 114 cm³/mol. The third kappa shape index (κ3) is 4.37. The molecule has 2 aromatic carbocycles. The molecule has 0 aliphatic carbocycles. The van der Waals surface area contributed by atoms with E-state index in [0.29, 0.717) is 11.3 Å². The van der Waals surface area contributed by atoms with E-state index >= 15 is 0 Å². The first-order chi connectivity index (χ1) is 15.1. The second kappa shape index (κ2) is 8.87. The summed E-state index contributed by atoms with van der Waals surface area (Å²) in [6.45, 7) is 0. The summed E-state index contributed by atoms with van der Waals surface area (Å²) >= 11 is 5.04. The van der Waals surface area contributed by atoms with Gasteiger partial charge >= 0.3 is 6.18 Å². The molecule has 3 rings (SSSR count). The fourth-order valence-electron chi connectivity index (χ4n) is 3.06. The van der Waals surface area contributed by atoms with Gasteiger partial charge in [-0.05, 0) is 54.2 Å². The van der Waals surface area contributed by atoms with Crippen molar-refractivity contribution in [1.29, 1.82) is 0 Å². The molecule has 0 bridgehead atoms. The van der Waals surface area contributed by atoms with E-state index in [2.05, 4.69) is 5.32 Å². The molecule has 1 saturated heterocycles. The average Bonchev–Trinajstić information content (AvgIpc) is 2.75. The molecule has 2 aromatic rings. The van der Waals surface area contributed by atoms with Gasteiger partial charge in [-0.25, -0.2) is 0 Å². The van der Waals surface area contributed by atoms with Gasteiger partial charge in [0.25, 0.3) is 11.8 Å². The topological polar surface area (TPSA) is 77.1 Å². The number of anilines is 1. The van der Waals surface area contributed by atoms with Gasteiger partial charge in [0, 0.05) is 0 Å². The summed E-state index contributed by atoms with van der Waals surface area (Å²) in [5, 5.41) is 2.00. The summed E-state index contributed by atoms with van der Waals surface area (Å²) in [5.74, 6) is -0.799. The van der Waals surface area contributed by atoms with Crippen molar-refractivity contribution in [2.75, 3.05) is 26.2 Å². The molecule has 0 aromatic heterocycles. The molecule has 1 aliphatic heterocycles. The Morgan fingerprint density at radius 1 is 1.00 bits per heavy atom. The van der Waals surface area contributed by atoms with Gasteiger partial charge < -0.3 is 14.2 Å². The van der Waals surface area contributed by atoms with Crippen LogP contribution in [0.4, 0.5) is 18.9 Å². The molecular weight excluding hydrogens is 449 g/mol. The lowest BCUT2D eigenvalue weighted by atomic mass is 10.1. The minimum Gasteiger partial charge on any atom is -0.493 e. The molecule has 168 valence electrons. The fraction of sp³-hybridized carbons (Fsp3) is 0.190. The van der Waals surface area contributed by atoms with Gasteiger partial charge in [-0.3, -0.25) is 19.8 Å². The number of hydrogen-bond acceptors (Lipinski definition) is 6. The highest BCUT2D eigenvalue weighted by Gasteiger charge is 2.36. The fourth-order valence-corrected chi connectivity index (χ4v) is 3.35. The lowest BCUT2D eigenvalue weighted by molar-refractivity contribution is -0.137. The van der Waals surface area contributed by atoms with Gasteiger partial charge in [-0.15, -0.1) is 0 Å². The van der Waals surface area contributed by atoms with Crippen LogP contribution in [0.2, 0.25) is 0 Å². The highest BCUT2D eigenvalue weighted by atomic mass is 32.1. The first kappa shape index (κ1) is 23.1. The van der Waals surface area contributed by atoms with Crippen LogP contribution in [0.25, 0.3) is 6.08 Å². The Labute approximate surface area is 186 Å². The maximum absolute atomic E-state index is 13.1. The molecule has 0 unspecified atom stereocenters. The standard InChI is InChI=1S/C21H17F3N2O5S/c1-29-15-8-11(9-16(30-2)17(15)31-3)7-14-18(27)25-20(32)26(19(14)28)13-6-4-5-12(10-13)21(22,23)24/h4-10H,1-3H3,(H,25,27,32)/b14-7+. The number of rotatable bonds is 5. The number of ether oxygens (including phenoxy) is 3. The van der Waals surface area contributed by atoms with Crippen LogP contribution in [0.15, 0.2) is 42.0 Å². The summed E-state index contributed by atoms with van der Waals surface area (Å²) in [6, 6.07) is 7.10. The van der Waals surface area contributed by atoms with E-state index in [1.165, 1.54) is 45.6 Å². The zero-order valence-electron chi connectivity index (χ0n) is 17.1. The first-order valence-electron chi connectivity index (χ1n) is 8.99. The third-order valence-corrected chi connectivity index (χ3v) is 4.82. The number of carbonyl (C=O) groups is 2. The van der Waals surface area contributed by atoms with Gasteiger partial charge in [0.15, 0.2) is 16.6 Å². The number of thiocarbonyl (C=S) groups is 1. The molecule has 2 amide bonds. The molecule has 0 atom stereocenters. The van der Waals surface area contributed by atoms with Gasteiger partial charge in [0.05, 0.1) is 32.6 Å². The maximum Gasteiger partial charge on any atom is 0.416 e. The van der Waals surface area contributed by atoms with E-state index in [4.69, 9.17) is 26.4 Å². The zero-order valence-corrected chi connectivity index (χ0v) is 17.9. The Morgan fingerprint density at radius 2 is 1.62 bits per heavy atom. The Balaban J connectivity index is 2.07. The molecule has 0 radical (unpaired) electrons. The maximum atomic E-state index is 13.1. The number of hydrogen-bond donors (Lipinski definition) is 1. The van der Waals surface area contributed by atoms with Crippen LogP contribution < -0.4 is 24.4 Å². The van der Waals surface area contributed by atoms with Gasteiger partial charge in [0.2, 0.25) is 5.75 Å². The number of carbonyl (C=O) groups excluding carboxylic acids is 2. The molecule has 0 saturated carbocycles. The Bertz CT molecular complexity index is 1110. The number of amides is 2. The zero-order chi connectivity index (χ0) is 23.6. The van der Waals surface area contributed by atoms with Crippen LogP contribution in [0.1, 0.15) is 11.1 Å². The second-order valence-electron chi connectivity index (χ2n) is 6.46. The molecule has 1 heterocycles. The summed E-state index contributed by atoms with van der Waals surface area (Å²) in [5.41, 5.74) is -1.08. The number of benzene rings is 2. The predicted octanol–water partition coefficient (Wildman–Crippen LogP) is 3.56. The summed E-state index contributed by atoms with van der Waals surface area (Å²) in [4.78, 5) is 26.4. The first-order valence-corrected chi connectivity index (χ1v) is 9.40. The van der Waals surface area contributed by atoms with Crippen molar-refractivity contribution in [1.82, 2.24) is 5.32 Å². The average molecular weight is 466 g/mol. The second-order valence-corrected chi connectivity index (χ2v) is 6.85. The molecule has 1 fully saturated rings. The smallest absolute Gasteiger partial charge is 0.416 e. The summed E-state index contributed by atoms with van der Waals surface area (Å²) in [7, 11) is 4.23. The largest absolute Gasteiger partial charge is 0.493 e. The molecule has 32 heavy (non-hydrogen) atoms. The highest BCUT2D eigenvalue weighted by molar-refractivity contribution is 7.80. The number of nitrogens with one attached hydrogen (secondary N) is 1. The molecule has 1 aliphatic rings. The van der Waals surface area contributed by atoms with E-state index in [0.717, 1.165) is 23.1 Å². The Morgan fingerprint density at radius 3 is 2.16 bits per heavy atom. The Hall–Kier alpha value is -3.60. The minimum absolute atomic E-state index is 0.134. The number of methoxy groups -OCH3 is 3. The summed E-state index contributed by atoms with van der Waals surface area (Å²) in [6.07, 6.45) is -3.36. The van der Waals surface area contributed by atoms with Crippen LogP contribution in [0, 0.1) is 0 Å². The lowest BCUT2D eigenvalue weighted by Crippen LogP contribution is -2.54. The van der Waals surface area contributed by atoms with E-state index in [-0.39, 0.29) is 27.9 Å². The molecule has 11 heteroatoms.